The van der Waals surface area contributed by atoms with E-state index < -0.39 is 0 Å². The number of hydrogen-bond acceptors (Lipinski definition) is 2. The molecule has 3 nitrogen and oxygen atoms in total. The molecule has 0 fully saturated rings. The number of carbonyl (C=O) groups is 1. The highest BCUT2D eigenvalue weighted by atomic mass is 32.1. The molecule has 0 radical (unpaired) electrons. The zero-order valence-corrected chi connectivity index (χ0v) is 13.1. The van der Waals surface area contributed by atoms with Crippen LogP contribution in [0.25, 0.3) is 0 Å². The Morgan fingerprint density at radius 2 is 1.95 bits per heavy atom. The smallest absolute Gasteiger partial charge is 0.223 e. The van der Waals surface area contributed by atoms with Gasteiger partial charge in [0.1, 0.15) is 11.0 Å². The number of nitrogens with two attached hydrogens (primary N) is 1. The van der Waals surface area contributed by atoms with E-state index in [2.05, 4.69) is 12.2 Å². The Morgan fingerprint density at radius 3 is 2.45 bits per heavy atom. The average molecular weight is 292 g/mol. The fourth-order valence-corrected chi connectivity index (χ4v) is 2.39. The molecule has 1 amide bonds. The molecule has 1 aromatic rings. The van der Waals surface area contributed by atoms with Crippen LogP contribution in [0.5, 0.6) is 0 Å². The molecule has 0 heterocycles. The van der Waals surface area contributed by atoms with Crippen molar-refractivity contribution in [3.63, 3.8) is 0 Å². The molecule has 0 aliphatic heterocycles. The highest BCUT2D eigenvalue weighted by molar-refractivity contribution is 7.80. The van der Waals surface area contributed by atoms with E-state index in [9.17, 15) is 4.79 Å². The summed E-state index contributed by atoms with van der Waals surface area (Å²) in [5.41, 5.74) is 6.70. The first-order valence-electron chi connectivity index (χ1n) is 7.24. The summed E-state index contributed by atoms with van der Waals surface area (Å²) < 4.78 is 0. The van der Waals surface area contributed by atoms with E-state index in [4.69, 9.17) is 18.0 Å². The minimum Gasteiger partial charge on any atom is -0.391 e. The molecule has 0 aromatic heterocycles. The predicted molar refractivity (Wildman–Crippen MR) is 87.4 cm³/mol. The number of benzene rings is 1. The molecular formula is C16H24N2OS. The Balaban J connectivity index is 2.75. The van der Waals surface area contributed by atoms with Crippen LogP contribution in [-0.4, -0.2) is 10.9 Å². The van der Waals surface area contributed by atoms with Gasteiger partial charge in [0.2, 0.25) is 5.91 Å². The molecule has 1 aromatic carbocycles. The van der Waals surface area contributed by atoms with Crippen molar-refractivity contribution in [3.8, 4) is 0 Å². The highest BCUT2D eigenvalue weighted by Crippen LogP contribution is 2.17. The Hall–Kier alpha value is -1.42. The summed E-state index contributed by atoms with van der Waals surface area (Å²) in [5.74, 6) is 0.0816. The molecule has 20 heavy (non-hydrogen) atoms. The maximum absolute atomic E-state index is 12.3. The van der Waals surface area contributed by atoms with Gasteiger partial charge in [0, 0.05) is 5.92 Å². The molecule has 110 valence electrons. The molecule has 0 bridgehead atoms. The van der Waals surface area contributed by atoms with E-state index >= 15 is 0 Å². The second-order valence-corrected chi connectivity index (χ2v) is 5.47. The SMILES string of the molecule is CCCCC(CC)C(=O)NC(C(N)=S)c1ccccc1. The lowest BCUT2D eigenvalue weighted by Gasteiger charge is -2.21. The molecule has 0 spiro atoms. The van der Waals surface area contributed by atoms with E-state index in [1.54, 1.807) is 0 Å². The first-order valence-corrected chi connectivity index (χ1v) is 7.65. The minimum atomic E-state index is -0.380. The van der Waals surface area contributed by atoms with Crippen molar-refractivity contribution in [2.45, 2.75) is 45.6 Å². The lowest BCUT2D eigenvalue weighted by molar-refractivity contribution is -0.125. The van der Waals surface area contributed by atoms with E-state index in [0.717, 1.165) is 31.2 Å². The summed E-state index contributed by atoms with van der Waals surface area (Å²) in [6.45, 7) is 4.17. The monoisotopic (exact) mass is 292 g/mol. The molecule has 2 unspecified atom stereocenters. The number of carbonyl (C=O) groups excluding carboxylic acids is 1. The number of rotatable bonds is 8. The standard InChI is InChI=1S/C16H24N2OS/c1-3-5-9-12(4-2)16(19)18-14(15(17)20)13-10-7-6-8-11-13/h6-8,10-12,14H,3-5,9H2,1-2H3,(H2,17,20)(H,18,19). The molecule has 1 rings (SSSR count). The largest absolute Gasteiger partial charge is 0.391 e. The number of amides is 1. The summed E-state index contributed by atoms with van der Waals surface area (Å²) >= 11 is 5.09. The molecule has 2 atom stereocenters. The van der Waals surface area contributed by atoms with Gasteiger partial charge in [0.15, 0.2) is 0 Å². The molecule has 0 saturated carbocycles. The van der Waals surface area contributed by atoms with Crippen LogP contribution in [0.1, 0.15) is 51.1 Å². The Labute approximate surface area is 126 Å². The zero-order chi connectivity index (χ0) is 15.0. The third-order valence-corrected chi connectivity index (χ3v) is 3.71. The topological polar surface area (TPSA) is 55.1 Å². The van der Waals surface area contributed by atoms with Crippen molar-refractivity contribution in [2.24, 2.45) is 11.7 Å². The van der Waals surface area contributed by atoms with Gasteiger partial charge in [-0.3, -0.25) is 4.79 Å². The molecule has 0 aliphatic carbocycles. The lowest BCUT2D eigenvalue weighted by atomic mass is 9.97. The van der Waals surface area contributed by atoms with Gasteiger partial charge >= 0.3 is 0 Å². The molecule has 4 heteroatoms. The van der Waals surface area contributed by atoms with Gasteiger partial charge in [-0.2, -0.15) is 0 Å². The van der Waals surface area contributed by atoms with Gasteiger partial charge < -0.3 is 11.1 Å². The van der Waals surface area contributed by atoms with Gasteiger partial charge in [-0.05, 0) is 18.4 Å². The molecular weight excluding hydrogens is 268 g/mol. The maximum atomic E-state index is 12.3. The van der Waals surface area contributed by atoms with E-state index in [-0.39, 0.29) is 17.9 Å². The van der Waals surface area contributed by atoms with Crippen LogP contribution in [0.4, 0.5) is 0 Å². The van der Waals surface area contributed by atoms with Crippen LogP contribution < -0.4 is 11.1 Å². The predicted octanol–water partition coefficient (Wildman–Crippen LogP) is 3.35. The van der Waals surface area contributed by atoms with Crippen molar-refractivity contribution >= 4 is 23.1 Å². The van der Waals surface area contributed by atoms with Gasteiger partial charge in [0.05, 0.1) is 0 Å². The normalized spacial score (nSPS) is 13.5. The zero-order valence-electron chi connectivity index (χ0n) is 12.3. The van der Waals surface area contributed by atoms with Crippen LogP contribution >= 0.6 is 12.2 Å². The number of hydrogen-bond donors (Lipinski definition) is 2. The van der Waals surface area contributed by atoms with Gasteiger partial charge in [0.25, 0.3) is 0 Å². The van der Waals surface area contributed by atoms with E-state index in [1.807, 2.05) is 37.3 Å². The van der Waals surface area contributed by atoms with E-state index in [1.165, 1.54) is 0 Å². The van der Waals surface area contributed by atoms with Gasteiger partial charge in [-0.15, -0.1) is 0 Å². The summed E-state index contributed by atoms with van der Waals surface area (Å²) in [6, 6.07) is 9.24. The third-order valence-electron chi connectivity index (χ3n) is 3.47. The van der Waals surface area contributed by atoms with E-state index in [0.29, 0.717) is 4.99 Å². The maximum Gasteiger partial charge on any atom is 0.223 e. The number of thiocarbonyl (C=S) groups is 1. The van der Waals surface area contributed by atoms with Crippen LogP contribution in [-0.2, 0) is 4.79 Å². The fraction of sp³-hybridized carbons (Fsp3) is 0.500. The highest BCUT2D eigenvalue weighted by Gasteiger charge is 2.22. The molecule has 0 aliphatic rings. The Bertz CT molecular complexity index is 433. The fourth-order valence-electron chi connectivity index (χ4n) is 2.20. The second kappa shape index (κ2) is 8.69. The number of unbranched alkanes of at least 4 members (excludes halogenated alkanes) is 1. The molecule has 3 N–H and O–H groups in total. The summed E-state index contributed by atoms with van der Waals surface area (Å²) in [7, 11) is 0. The summed E-state index contributed by atoms with van der Waals surface area (Å²) in [6.07, 6.45) is 3.92. The van der Waals surface area contributed by atoms with Crippen molar-refractivity contribution in [3.05, 3.63) is 35.9 Å². The van der Waals surface area contributed by atoms with Crippen molar-refractivity contribution < 1.29 is 4.79 Å². The first-order chi connectivity index (χ1) is 9.60. The Kier molecular flexibility index (Phi) is 7.23. The summed E-state index contributed by atoms with van der Waals surface area (Å²) in [5, 5.41) is 2.99. The van der Waals surface area contributed by atoms with Crippen LogP contribution in [0.15, 0.2) is 30.3 Å². The third kappa shape index (κ3) is 4.93. The van der Waals surface area contributed by atoms with Crippen LogP contribution in [0, 0.1) is 5.92 Å². The van der Waals surface area contributed by atoms with Gasteiger partial charge in [-0.25, -0.2) is 0 Å². The van der Waals surface area contributed by atoms with Crippen molar-refractivity contribution in [1.29, 1.82) is 0 Å². The van der Waals surface area contributed by atoms with Crippen molar-refractivity contribution in [2.75, 3.05) is 0 Å². The van der Waals surface area contributed by atoms with Crippen LogP contribution in [0.2, 0.25) is 0 Å². The first kappa shape index (κ1) is 16.6. The van der Waals surface area contributed by atoms with Gasteiger partial charge in [-0.1, -0.05) is 69.2 Å². The Morgan fingerprint density at radius 1 is 1.30 bits per heavy atom. The van der Waals surface area contributed by atoms with Crippen molar-refractivity contribution in [1.82, 2.24) is 5.32 Å². The van der Waals surface area contributed by atoms with Crippen LogP contribution in [0.3, 0.4) is 0 Å². The minimum absolute atomic E-state index is 0.0375. The quantitative estimate of drug-likeness (QED) is 0.722. The lowest BCUT2D eigenvalue weighted by Crippen LogP contribution is -2.39. The number of nitrogens with one attached hydrogen (secondary N) is 1. The second-order valence-electron chi connectivity index (χ2n) is 5.00. The summed E-state index contributed by atoms with van der Waals surface area (Å²) in [4.78, 5) is 12.6. The average Bonchev–Trinajstić information content (AvgIpc) is 2.46. The molecule has 0 saturated heterocycles.